The van der Waals surface area contributed by atoms with Crippen molar-refractivity contribution in [3.05, 3.63) is 29.8 Å². The van der Waals surface area contributed by atoms with Crippen LogP contribution in [0.15, 0.2) is 24.3 Å². The van der Waals surface area contributed by atoms with Crippen LogP contribution < -0.4 is 10.1 Å². The number of hydrogen-bond acceptors (Lipinski definition) is 3. The number of ether oxygens (including phenoxy) is 1. The predicted molar refractivity (Wildman–Crippen MR) is 88.8 cm³/mol. The van der Waals surface area contributed by atoms with E-state index in [2.05, 4.69) is 48.3 Å². The molecule has 0 spiro atoms. The average Bonchev–Trinajstić information content (AvgIpc) is 2.50. The molecular weight excluding hydrogens is 260 g/mol. The molecule has 3 nitrogen and oxygen atoms in total. The third-order valence-electron chi connectivity index (χ3n) is 4.21. The van der Waals surface area contributed by atoms with Gasteiger partial charge in [0.05, 0.1) is 0 Å². The fourth-order valence-corrected chi connectivity index (χ4v) is 2.73. The second-order valence-electron chi connectivity index (χ2n) is 6.20. The zero-order chi connectivity index (χ0) is 14.9. The monoisotopic (exact) mass is 290 g/mol. The topological polar surface area (TPSA) is 24.5 Å². The van der Waals surface area contributed by atoms with E-state index in [9.17, 15) is 0 Å². The largest absolute Gasteiger partial charge is 0.492 e. The zero-order valence-corrected chi connectivity index (χ0v) is 13.6. The van der Waals surface area contributed by atoms with Gasteiger partial charge in [0.15, 0.2) is 0 Å². The SMILES string of the molecule is CCCNCc1cccc(OCCN2CCC(C)CC2)c1. The van der Waals surface area contributed by atoms with Gasteiger partial charge in [-0.15, -0.1) is 0 Å². The van der Waals surface area contributed by atoms with E-state index in [-0.39, 0.29) is 0 Å². The molecule has 1 aliphatic heterocycles. The molecule has 3 heteroatoms. The highest BCUT2D eigenvalue weighted by Gasteiger charge is 2.14. The molecule has 2 rings (SSSR count). The molecule has 21 heavy (non-hydrogen) atoms. The van der Waals surface area contributed by atoms with Gasteiger partial charge >= 0.3 is 0 Å². The van der Waals surface area contributed by atoms with Gasteiger partial charge in [0.25, 0.3) is 0 Å². The molecule has 0 aromatic heterocycles. The summed E-state index contributed by atoms with van der Waals surface area (Å²) in [7, 11) is 0. The molecule has 0 unspecified atom stereocenters. The van der Waals surface area contributed by atoms with Crippen LogP contribution in [-0.2, 0) is 6.54 Å². The molecule has 1 heterocycles. The van der Waals surface area contributed by atoms with E-state index in [4.69, 9.17) is 4.74 Å². The Balaban J connectivity index is 1.69. The van der Waals surface area contributed by atoms with E-state index >= 15 is 0 Å². The Morgan fingerprint density at radius 3 is 2.86 bits per heavy atom. The first-order valence-electron chi connectivity index (χ1n) is 8.42. The lowest BCUT2D eigenvalue weighted by atomic mass is 9.99. The zero-order valence-electron chi connectivity index (χ0n) is 13.6. The Bertz CT molecular complexity index is 400. The summed E-state index contributed by atoms with van der Waals surface area (Å²) in [5, 5.41) is 3.43. The Kier molecular flexibility index (Phi) is 7.04. The van der Waals surface area contributed by atoms with Crippen LogP contribution >= 0.6 is 0 Å². The van der Waals surface area contributed by atoms with Crippen molar-refractivity contribution in [1.82, 2.24) is 10.2 Å². The van der Waals surface area contributed by atoms with Crippen molar-refractivity contribution in [1.29, 1.82) is 0 Å². The maximum absolute atomic E-state index is 5.91. The number of benzene rings is 1. The van der Waals surface area contributed by atoms with E-state index in [0.29, 0.717) is 0 Å². The maximum Gasteiger partial charge on any atom is 0.119 e. The summed E-state index contributed by atoms with van der Waals surface area (Å²) < 4.78 is 5.91. The molecule has 1 aromatic rings. The molecule has 1 saturated heterocycles. The molecule has 0 amide bonds. The van der Waals surface area contributed by atoms with Gasteiger partial charge in [-0.3, -0.25) is 4.90 Å². The molecule has 118 valence electrons. The number of nitrogens with zero attached hydrogens (tertiary/aromatic N) is 1. The van der Waals surface area contributed by atoms with Crippen LogP contribution in [0.4, 0.5) is 0 Å². The molecule has 1 aromatic carbocycles. The molecule has 0 bridgehead atoms. The summed E-state index contributed by atoms with van der Waals surface area (Å²) in [6.07, 6.45) is 3.84. The highest BCUT2D eigenvalue weighted by Crippen LogP contribution is 2.16. The van der Waals surface area contributed by atoms with Gasteiger partial charge in [-0.2, -0.15) is 0 Å². The number of hydrogen-bond donors (Lipinski definition) is 1. The Morgan fingerprint density at radius 2 is 2.10 bits per heavy atom. The fourth-order valence-electron chi connectivity index (χ4n) is 2.73. The average molecular weight is 290 g/mol. The van der Waals surface area contributed by atoms with Crippen molar-refractivity contribution < 1.29 is 4.74 Å². The lowest BCUT2D eigenvalue weighted by molar-refractivity contribution is 0.160. The maximum atomic E-state index is 5.91. The van der Waals surface area contributed by atoms with E-state index < -0.39 is 0 Å². The molecule has 1 N–H and O–H groups in total. The van der Waals surface area contributed by atoms with Crippen molar-refractivity contribution in [3.8, 4) is 5.75 Å². The molecule has 1 aliphatic rings. The first-order chi connectivity index (χ1) is 10.3. The minimum atomic E-state index is 0.792. The van der Waals surface area contributed by atoms with E-state index in [1.165, 1.54) is 37.9 Å². The van der Waals surface area contributed by atoms with Gasteiger partial charge in [-0.25, -0.2) is 0 Å². The smallest absolute Gasteiger partial charge is 0.119 e. The minimum absolute atomic E-state index is 0.792. The predicted octanol–water partition coefficient (Wildman–Crippen LogP) is 3.30. The molecule has 0 aliphatic carbocycles. The lowest BCUT2D eigenvalue weighted by Crippen LogP contribution is -2.35. The third-order valence-corrected chi connectivity index (χ3v) is 4.21. The Labute approximate surface area is 129 Å². The number of nitrogens with one attached hydrogen (secondary N) is 1. The van der Waals surface area contributed by atoms with Crippen LogP contribution in [0.3, 0.4) is 0 Å². The van der Waals surface area contributed by atoms with Crippen LogP contribution in [0.1, 0.15) is 38.7 Å². The van der Waals surface area contributed by atoms with Crippen molar-refractivity contribution >= 4 is 0 Å². The normalized spacial score (nSPS) is 17.0. The van der Waals surface area contributed by atoms with E-state index in [1.54, 1.807) is 0 Å². The minimum Gasteiger partial charge on any atom is -0.492 e. The summed E-state index contributed by atoms with van der Waals surface area (Å²) in [6, 6.07) is 8.45. The Hall–Kier alpha value is -1.06. The summed E-state index contributed by atoms with van der Waals surface area (Å²) in [4.78, 5) is 2.52. The summed E-state index contributed by atoms with van der Waals surface area (Å²) in [5.41, 5.74) is 1.30. The number of piperidine rings is 1. The van der Waals surface area contributed by atoms with Gasteiger partial charge in [-0.05, 0) is 62.5 Å². The second-order valence-corrected chi connectivity index (χ2v) is 6.20. The van der Waals surface area contributed by atoms with Crippen molar-refractivity contribution in [2.75, 3.05) is 32.8 Å². The van der Waals surface area contributed by atoms with E-state index in [0.717, 1.165) is 37.9 Å². The van der Waals surface area contributed by atoms with Crippen molar-refractivity contribution in [2.45, 2.75) is 39.7 Å². The standard InChI is InChI=1S/C18H30N2O/c1-3-9-19-15-17-5-4-6-18(14-17)21-13-12-20-10-7-16(2)8-11-20/h4-6,14,16,19H,3,7-13,15H2,1-2H3. The van der Waals surface area contributed by atoms with Gasteiger partial charge in [0.1, 0.15) is 12.4 Å². The van der Waals surface area contributed by atoms with Crippen LogP contribution in [0.2, 0.25) is 0 Å². The van der Waals surface area contributed by atoms with Crippen LogP contribution in [-0.4, -0.2) is 37.7 Å². The second kappa shape index (κ2) is 9.06. The van der Waals surface area contributed by atoms with Crippen LogP contribution in [0.25, 0.3) is 0 Å². The molecule has 0 radical (unpaired) electrons. The summed E-state index contributed by atoms with van der Waals surface area (Å²) in [5.74, 6) is 1.89. The van der Waals surface area contributed by atoms with Crippen molar-refractivity contribution in [3.63, 3.8) is 0 Å². The molecular formula is C18H30N2O. The first-order valence-corrected chi connectivity index (χ1v) is 8.42. The molecule has 0 saturated carbocycles. The first kappa shape index (κ1) is 16.3. The molecule has 0 atom stereocenters. The van der Waals surface area contributed by atoms with Gasteiger partial charge < -0.3 is 10.1 Å². The third kappa shape index (κ3) is 6.06. The quantitative estimate of drug-likeness (QED) is 0.744. The summed E-state index contributed by atoms with van der Waals surface area (Å²) >= 11 is 0. The van der Waals surface area contributed by atoms with Crippen LogP contribution in [0, 0.1) is 5.92 Å². The highest BCUT2D eigenvalue weighted by molar-refractivity contribution is 5.28. The number of rotatable bonds is 8. The molecule has 1 fully saturated rings. The van der Waals surface area contributed by atoms with Gasteiger partial charge in [-0.1, -0.05) is 26.0 Å². The number of likely N-dealkylation sites (tertiary alicyclic amines) is 1. The Morgan fingerprint density at radius 1 is 1.29 bits per heavy atom. The van der Waals surface area contributed by atoms with Crippen molar-refractivity contribution in [2.24, 2.45) is 5.92 Å². The summed E-state index contributed by atoms with van der Waals surface area (Å²) in [6.45, 7) is 10.8. The van der Waals surface area contributed by atoms with Gasteiger partial charge in [0, 0.05) is 13.1 Å². The fraction of sp³-hybridized carbons (Fsp3) is 0.667. The lowest BCUT2D eigenvalue weighted by Gasteiger charge is -2.29. The van der Waals surface area contributed by atoms with Gasteiger partial charge in [0.2, 0.25) is 0 Å². The van der Waals surface area contributed by atoms with Crippen LogP contribution in [0.5, 0.6) is 5.75 Å². The highest BCUT2D eigenvalue weighted by atomic mass is 16.5. The van der Waals surface area contributed by atoms with E-state index in [1.807, 2.05) is 0 Å².